The van der Waals surface area contributed by atoms with Gasteiger partial charge >= 0.3 is 0 Å². The van der Waals surface area contributed by atoms with Gasteiger partial charge in [0.05, 0.1) is 0 Å². The molecule has 6 heteroatoms. The summed E-state index contributed by atoms with van der Waals surface area (Å²) in [5.74, 6) is 1.39. The Morgan fingerprint density at radius 2 is 2.00 bits per heavy atom. The third-order valence-electron chi connectivity index (χ3n) is 6.29. The van der Waals surface area contributed by atoms with Crippen LogP contribution in [0.1, 0.15) is 48.2 Å². The molecule has 2 N–H and O–H groups in total. The largest absolute Gasteiger partial charge is 0.373 e. The maximum atomic E-state index is 11.6. The molecule has 2 unspecified atom stereocenters. The van der Waals surface area contributed by atoms with Crippen molar-refractivity contribution in [3.8, 4) is 0 Å². The molecule has 1 aromatic heterocycles. The molecule has 1 aromatic rings. The average Bonchev–Trinajstić information content (AvgIpc) is 3.38. The van der Waals surface area contributed by atoms with Gasteiger partial charge in [0.2, 0.25) is 0 Å². The highest BCUT2D eigenvalue weighted by Crippen LogP contribution is 2.51. The van der Waals surface area contributed by atoms with E-state index >= 15 is 0 Å². The van der Waals surface area contributed by atoms with Crippen molar-refractivity contribution in [3.05, 3.63) is 29.6 Å². The van der Waals surface area contributed by atoms with Crippen molar-refractivity contribution in [1.29, 1.82) is 0 Å². The number of nitrogens with zero attached hydrogens (tertiary/aromatic N) is 2. The molecule has 2 saturated carbocycles. The van der Waals surface area contributed by atoms with Crippen molar-refractivity contribution in [1.82, 2.24) is 9.88 Å². The van der Waals surface area contributed by atoms with Crippen molar-refractivity contribution < 1.29 is 9.53 Å². The van der Waals surface area contributed by atoms with Crippen molar-refractivity contribution in [3.63, 3.8) is 0 Å². The molecule has 4 rings (SSSR count). The van der Waals surface area contributed by atoms with E-state index in [1.807, 2.05) is 19.2 Å². The predicted molar refractivity (Wildman–Crippen MR) is 98.7 cm³/mol. The summed E-state index contributed by atoms with van der Waals surface area (Å²) >= 11 is 0. The number of rotatable bonds is 5. The fourth-order valence-electron chi connectivity index (χ4n) is 5.07. The van der Waals surface area contributed by atoms with Crippen LogP contribution in [0.25, 0.3) is 0 Å². The molecule has 2 bridgehead atoms. The van der Waals surface area contributed by atoms with Gasteiger partial charge in [0.15, 0.2) is 0 Å². The van der Waals surface area contributed by atoms with E-state index < -0.39 is 5.91 Å². The molecular weight excluding hydrogens is 338 g/mol. The first kappa shape index (κ1) is 18.6. The average molecular weight is 366 g/mol. The van der Waals surface area contributed by atoms with E-state index in [0.29, 0.717) is 17.5 Å². The lowest BCUT2D eigenvalue weighted by molar-refractivity contribution is -0.169. The highest BCUT2D eigenvalue weighted by atomic mass is 35.5. The number of pyridine rings is 1. The third-order valence-corrected chi connectivity index (χ3v) is 6.29. The van der Waals surface area contributed by atoms with Crippen LogP contribution in [-0.2, 0) is 10.3 Å². The summed E-state index contributed by atoms with van der Waals surface area (Å²) in [6.07, 6.45) is 8.12. The fraction of sp³-hybridized carbons (Fsp3) is 0.684. The summed E-state index contributed by atoms with van der Waals surface area (Å²) in [7, 11) is 1.83. The second-order valence-electron chi connectivity index (χ2n) is 7.78. The molecule has 0 radical (unpaired) electrons. The molecule has 1 amide bonds. The molecule has 5 nitrogen and oxygen atoms in total. The number of piperidine rings is 1. The lowest BCUT2D eigenvalue weighted by Gasteiger charge is -2.55. The molecule has 2 heterocycles. The third kappa shape index (κ3) is 3.29. The first-order chi connectivity index (χ1) is 11.6. The first-order valence-electron chi connectivity index (χ1n) is 9.17. The van der Waals surface area contributed by atoms with Crippen LogP contribution in [0.15, 0.2) is 18.3 Å². The Balaban J connectivity index is 0.00000182. The zero-order chi connectivity index (χ0) is 16.7. The molecule has 2 aliphatic carbocycles. The lowest BCUT2D eigenvalue weighted by atomic mass is 9.62. The highest BCUT2D eigenvalue weighted by Gasteiger charge is 2.53. The van der Waals surface area contributed by atoms with E-state index in [1.165, 1.54) is 38.6 Å². The van der Waals surface area contributed by atoms with E-state index in [4.69, 9.17) is 10.5 Å². The van der Waals surface area contributed by atoms with E-state index in [1.54, 1.807) is 6.20 Å². The number of hydrogen-bond acceptors (Lipinski definition) is 4. The van der Waals surface area contributed by atoms with Gasteiger partial charge in [-0.2, -0.15) is 0 Å². The van der Waals surface area contributed by atoms with Crippen LogP contribution in [0, 0.1) is 17.8 Å². The van der Waals surface area contributed by atoms with Gasteiger partial charge < -0.3 is 15.4 Å². The van der Waals surface area contributed by atoms with E-state index in [0.717, 1.165) is 24.6 Å². The summed E-state index contributed by atoms with van der Waals surface area (Å²) in [4.78, 5) is 18.3. The second kappa shape index (κ2) is 7.22. The highest BCUT2D eigenvalue weighted by molar-refractivity contribution is 5.90. The zero-order valence-electron chi connectivity index (χ0n) is 14.8. The van der Waals surface area contributed by atoms with Crippen LogP contribution in [0.4, 0.5) is 0 Å². The SMILES string of the molecule is COC1(c2ccnc(C(N)=O)c2)C2CCCC1CN(CC1CC1)C2.Cl. The number of likely N-dealkylation sites (tertiary alicyclic amines) is 1. The van der Waals surface area contributed by atoms with Crippen molar-refractivity contribution in [2.75, 3.05) is 26.7 Å². The van der Waals surface area contributed by atoms with Gasteiger partial charge in [-0.3, -0.25) is 9.78 Å². The zero-order valence-corrected chi connectivity index (χ0v) is 15.6. The lowest BCUT2D eigenvalue weighted by Crippen LogP contribution is -2.59. The molecule has 2 atom stereocenters. The van der Waals surface area contributed by atoms with Crippen molar-refractivity contribution >= 4 is 18.3 Å². The van der Waals surface area contributed by atoms with Crippen LogP contribution in [0.3, 0.4) is 0 Å². The van der Waals surface area contributed by atoms with Gasteiger partial charge in [-0.05, 0) is 49.3 Å². The number of fused-ring (bicyclic) bond motifs is 2. The Hall–Kier alpha value is -1.17. The van der Waals surface area contributed by atoms with Crippen molar-refractivity contribution in [2.45, 2.75) is 37.7 Å². The Labute approximate surface area is 155 Å². The number of nitrogens with two attached hydrogens (primary N) is 1. The summed E-state index contributed by atoms with van der Waals surface area (Å²) in [5, 5.41) is 0. The Morgan fingerprint density at radius 3 is 2.56 bits per heavy atom. The second-order valence-corrected chi connectivity index (χ2v) is 7.78. The fourth-order valence-corrected chi connectivity index (χ4v) is 5.07. The van der Waals surface area contributed by atoms with Gasteiger partial charge in [0.25, 0.3) is 5.91 Å². The first-order valence-corrected chi connectivity index (χ1v) is 9.17. The monoisotopic (exact) mass is 365 g/mol. The topological polar surface area (TPSA) is 68.5 Å². The van der Waals surface area contributed by atoms with Gasteiger partial charge in [-0.1, -0.05) is 6.42 Å². The number of hydrogen-bond donors (Lipinski definition) is 1. The quantitative estimate of drug-likeness (QED) is 0.870. The van der Waals surface area contributed by atoms with Crippen LogP contribution in [0.5, 0.6) is 0 Å². The maximum absolute atomic E-state index is 11.6. The standard InChI is InChI=1S/C19H27N3O2.ClH/c1-24-19(14-7-8-21-17(9-14)18(20)23)15-3-2-4-16(19)12-22(11-15)10-13-5-6-13;/h7-9,13,15-16H,2-6,10-12H2,1H3,(H2,20,23);1H. The minimum Gasteiger partial charge on any atom is -0.373 e. The van der Waals surface area contributed by atoms with E-state index in [2.05, 4.69) is 9.88 Å². The number of amides is 1. The van der Waals surface area contributed by atoms with Crippen molar-refractivity contribution in [2.24, 2.45) is 23.5 Å². The van der Waals surface area contributed by atoms with Crippen LogP contribution < -0.4 is 5.73 Å². The number of halogens is 1. The number of methoxy groups -OCH3 is 1. The van der Waals surface area contributed by atoms with Gasteiger partial charge in [-0.15, -0.1) is 12.4 Å². The summed E-state index contributed by atoms with van der Waals surface area (Å²) in [6, 6.07) is 3.87. The normalized spacial score (nSPS) is 32.0. The summed E-state index contributed by atoms with van der Waals surface area (Å²) in [5.41, 5.74) is 6.56. The molecule has 1 saturated heterocycles. The van der Waals surface area contributed by atoms with E-state index in [-0.39, 0.29) is 18.0 Å². The Morgan fingerprint density at radius 1 is 1.32 bits per heavy atom. The number of aromatic nitrogens is 1. The smallest absolute Gasteiger partial charge is 0.267 e. The number of ether oxygens (including phenoxy) is 1. The molecule has 138 valence electrons. The Kier molecular flexibility index (Phi) is 5.37. The number of carbonyl (C=O) groups excluding carboxylic acids is 1. The van der Waals surface area contributed by atoms with Crippen LogP contribution in [0.2, 0.25) is 0 Å². The van der Waals surface area contributed by atoms with Gasteiger partial charge in [0.1, 0.15) is 11.3 Å². The molecule has 1 aliphatic heterocycles. The minimum absolute atomic E-state index is 0. The predicted octanol–water partition coefficient (Wildman–Crippen LogP) is 2.59. The molecule has 0 aromatic carbocycles. The number of carbonyl (C=O) groups is 1. The Bertz CT molecular complexity index is 621. The minimum atomic E-state index is -0.473. The van der Waals surface area contributed by atoms with Crippen LogP contribution in [-0.4, -0.2) is 42.5 Å². The van der Waals surface area contributed by atoms with Gasteiger partial charge in [0, 0.05) is 44.8 Å². The molecular formula is C19H28ClN3O2. The van der Waals surface area contributed by atoms with Gasteiger partial charge in [-0.25, -0.2) is 0 Å². The molecule has 3 aliphatic rings. The molecule has 0 spiro atoms. The summed E-state index contributed by atoms with van der Waals surface area (Å²) in [6.45, 7) is 3.43. The molecule has 3 fully saturated rings. The molecule has 25 heavy (non-hydrogen) atoms. The van der Waals surface area contributed by atoms with E-state index in [9.17, 15) is 4.79 Å². The number of primary amides is 1. The maximum Gasteiger partial charge on any atom is 0.267 e. The van der Waals surface area contributed by atoms with Crippen LogP contribution >= 0.6 is 12.4 Å². The summed E-state index contributed by atoms with van der Waals surface area (Å²) < 4.78 is 6.23.